The summed E-state index contributed by atoms with van der Waals surface area (Å²) in [6.45, 7) is 0. The lowest BCUT2D eigenvalue weighted by Gasteiger charge is -2.07. The molecule has 0 saturated carbocycles. The molecule has 1 atom stereocenters. The van der Waals surface area contributed by atoms with Gasteiger partial charge in [0.25, 0.3) is 0 Å². The van der Waals surface area contributed by atoms with Crippen molar-refractivity contribution in [2.75, 3.05) is 0 Å². The van der Waals surface area contributed by atoms with E-state index in [2.05, 4.69) is 4.98 Å². The molecule has 0 bridgehead atoms. The van der Waals surface area contributed by atoms with E-state index in [4.69, 9.17) is 10.2 Å². The van der Waals surface area contributed by atoms with Crippen molar-refractivity contribution >= 4 is 11.0 Å². The molecule has 0 aliphatic carbocycles. The van der Waals surface area contributed by atoms with Crippen molar-refractivity contribution in [2.45, 2.75) is 6.04 Å². The zero-order chi connectivity index (χ0) is 11.7. The Morgan fingerprint density at radius 3 is 2.76 bits per heavy atom. The van der Waals surface area contributed by atoms with Gasteiger partial charge in [-0.15, -0.1) is 0 Å². The van der Waals surface area contributed by atoms with Crippen molar-refractivity contribution in [1.82, 2.24) is 4.98 Å². The van der Waals surface area contributed by atoms with Gasteiger partial charge in [0.1, 0.15) is 11.3 Å². The van der Waals surface area contributed by atoms with Gasteiger partial charge in [-0.3, -0.25) is 4.98 Å². The first-order valence-electron chi connectivity index (χ1n) is 5.48. The fraction of sp³-hybridized carbons (Fsp3) is 0.0714. The molecule has 3 aromatic rings. The molecule has 0 spiro atoms. The minimum Gasteiger partial charge on any atom is -0.459 e. The van der Waals surface area contributed by atoms with Crippen LogP contribution in [-0.2, 0) is 0 Å². The molecule has 1 aromatic carbocycles. The van der Waals surface area contributed by atoms with Crippen molar-refractivity contribution in [3.8, 4) is 0 Å². The Morgan fingerprint density at radius 2 is 2.00 bits per heavy atom. The van der Waals surface area contributed by atoms with Crippen molar-refractivity contribution in [2.24, 2.45) is 5.73 Å². The largest absolute Gasteiger partial charge is 0.459 e. The Morgan fingerprint density at radius 1 is 1.12 bits per heavy atom. The van der Waals surface area contributed by atoms with Crippen LogP contribution in [0.4, 0.5) is 0 Å². The fourth-order valence-electron chi connectivity index (χ4n) is 1.88. The van der Waals surface area contributed by atoms with Crippen LogP contribution in [0.1, 0.15) is 17.4 Å². The van der Waals surface area contributed by atoms with Crippen molar-refractivity contribution < 1.29 is 4.42 Å². The average Bonchev–Trinajstić information content (AvgIpc) is 2.82. The molecule has 3 nitrogen and oxygen atoms in total. The minimum atomic E-state index is -0.268. The molecule has 0 amide bonds. The molecule has 0 saturated heterocycles. The normalized spacial score (nSPS) is 12.8. The molecule has 0 fully saturated rings. The van der Waals surface area contributed by atoms with Crippen LogP contribution in [0, 0.1) is 0 Å². The highest BCUT2D eigenvalue weighted by Gasteiger charge is 2.13. The lowest BCUT2D eigenvalue weighted by atomic mass is 10.1. The van der Waals surface area contributed by atoms with Crippen LogP contribution in [0.5, 0.6) is 0 Å². The number of nitrogens with zero attached hydrogens (tertiary/aromatic N) is 1. The van der Waals surface area contributed by atoms with Crippen LogP contribution in [0.25, 0.3) is 11.0 Å². The lowest BCUT2D eigenvalue weighted by molar-refractivity contribution is 0.524. The second-order valence-corrected chi connectivity index (χ2v) is 3.95. The van der Waals surface area contributed by atoms with E-state index in [1.165, 1.54) is 0 Å². The van der Waals surface area contributed by atoms with E-state index in [-0.39, 0.29) is 6.04 Å². The van der Waals surface area contributed by atoms with Gasteiger partial charge in [-0.25, -0.2) is 0 Å². The second kappa shape index (κ2) is 4.03. The van der Waals surface area contributed by atoms with E-state index in [1.54, 1.807) is 12.4 Å². The summed E-state index contributed by atoms with van der Waals surface area (Å²) in [5.74, 6) is 0.763. The summed E-state index contributed by atoms with van der Waals surface area (Å²) in [6.07, 6.45) is 3.49. The van der Waals surface area contributed by atoms with Crippen LogP contribution in [0.3, 0.4) is 0 Å². The number of fused-ring (bicyclic) bond motifs is 1. The van der Waals surface area contributed by atoms with E-state index in [0.717, 1.165) is 22.3 Å². The average molecular weight is 224 g/mol. The Bertz CT molecular complexity index is 598. The number of furan rings is 1. The third-order valence-corrected chi connectivity index (χ3v) is 2.79. The number of hydrogen-bond donors (Lipinski definition) is 1. The van der Waals surface area contributed by atoms with E-state index in [9.17, 15) is 0 Å². The van der Waals surface area contributed by atoms with Crippen LogP contribution < -0.4 is 5.73 Å². The highest BCUT2D eigenvalue weighted by Crippen LogP contribution is 2.25. The summed E-state index contributed by atoms with van der Waals surface area (Å²) in [5.41, 5.74) is 7.96. The van der Waals surface area contributed by atoms with Gasteiger partial charge in [-0.1, -0.05) is 24.3 Å². The fourth-order valence-corrected chi connectivity index (χ4v) is 1.88. The standard InChI is InChI=1S/C14H12N2O/c15-14(11-5-3-7-16-9-11)13-8-10-4-1-2-6-12(10)17-13/h1-9,14H,15H2. The molecule has 0 aliphatic rings. The maximum atomic E-state index is 6.15. The number of pyridine rings is 1. The second-order valence-electron chi connectivity index (χ2n) is 3.95. The molecular weight excluding hydrogens is 212 g/mol. The van der Waals surface area contributed by atoms with Crippen LogP contribution >= 0.6 is 0 Å². The summed E-state index contributed by atoms with van der Waals surface area (Å²) in [6, 6.07) is 13.4. The maximum absolute atomic E-state index is 6.15. The van der Waals surface area contributed by atoms with E-state index < -0.39 is 0 Å². The Hall–Kier alpha value is -2.13. The summed E-state index contributed by atoms with van der Waals surface area (Å²) in [4.78, 5) is 4.06. The number of hydrogen-bond acceptors (Lipinski definition) is 3. The molecule has 0 aliphatic heterocycles. The summed E-state index contributed by atoms with van der Waals surface area (Å²) >= 11 is 0. The molecule has 2 aromatic heterocycles. The predicted octanol–water partition coefficient (Wildman–Crippen LogP) is 2.88. The molecule has 17 heavy (non-hydrogen) atoms. The van der Waals surface area contributed by atoms with E-state index in [0.29, 0.717) is 0 Å². The van der Waals surface area contributed by atoms with Gasteiger partial charge in [-0.2, -0.15) is 0 Å². The minimum absolute atomic E-state index is 0.268. The molecule has 0 radical (unpaired) electrons. The van der Waals surface area contributed by atoms with Crippen LogP contribution in [0.15, 0.2) is 59.3 Å². The summed E-state index contributed by atoms with van der Waals surface area (Å²) in [5, 5.41) is 1.07. The third-order valence-electron chi connectivity index (χ3n) is 2.79. The highest BCUT2D eigenvalue weighted by atomic mass is 16.3. The number of nitrogens with two attached hydrogens (primary N) is 1. The smallest absolute Gasteiger partial charge is 0.134 e. The van der Waals surface area contributed by atoms with Gasteiger partial charge in [0, 0.05) is 17.8 Å². The molecule has 2 N–H and O–H groups in total. The highest BCUT2D eigenvalue weighted by molar-refractivity contribution is 5.77. The summed E-state index contributed by atoms with van der Waals surface area (Å²) in [7, 11) is 0. The first-order chi connectivity index (χ1) is 8.34. The van der Waals surface area contributed by atoms with Gasteiger partial charge < -0.3 is 10.2 Å². The third kappa shape index (κ3) is 1.81. The monoisotopic (exact) mass is 224 g/mol. The van der Waals surface area contributed by atoms with Crippen molar-refractivity contribution in [3.63, 3.8) is 0 Å². The quantitative estimate of drug-likeness (QED) is 0.728. The molecular formula is C14H12N2O. The Labute approximate surface area is 98.9 Å². The van der Waals surface area contributed by atoms with Gasteiger partial charge in [-0.05, 0) is 23.8 Å². The topological polar surface area (TPSA) is 52.0 Å². The molecule has 84 valence electrons. The Balaban J connectivity index is 2.04. The summed E-state index contributed by atoms with van der Waals surface area (Å²) < 4.78 is 5.73. The first-order valence-corrected chi connectivity index (χ1v) is 5.48. The number of rotatable bonds is 2. The maximum Gasteiger partial charge on any atom is 0.134 e. The number of aromatic nitrogens is 1. The van der Waals surface area contributed by atoms with Crippen LogP contribution in [-0.4, -0.2) is 4.98 Å². The molecule has 1 unspecified atom stereocenters. The van der Waals surface area contributed by atoms with E-state index >= 15 is 0 Å². The van der Waals surface area contributed by atoms with Gasteiger partial charge >= 0.3 is 0 Å². The number of para-hydroxylation sites is 1. The van der Waals surface area contributed by atoms with Gasteiger partial charge in [0.15, 0.2) is 0 Å². The zero-order valence-electron chi connectivity index (χ0n) is 9.21. The van der Waals surface area contributed by atoms with E-state index in [1.807, 2.05) is 42.5 Å². The molecule has 2 heterocycles. The van der Waals surface area contributed by atoms with Crippen molar-refractivity contribution in [1.29, 1.82) is 0 Å². The number of benzene rings is 1. The molecule has 3 rings (SSSR count). The SMILES string of the molecule is NC(c1cccnc1)c1cc2ccccc2o1. The predicted molar refractivity (Wildman–Crippen MR) is 66.5 cm³/mol. The van der Waals surface area contributed by atoms with Gasteiger partial charge in [0.05, 0.1) is 6.04 Å². The van der Waals surface area contributed by atoms with Crippen molar-refractivity contribution in [3.05, 3.63) is 66.2 Å². The lowest BCUT2D eigenvalue weighted by Crippen LogP contribution is -2.10. The zero-order valence-corrected chi connectivity index (χ0v) is 9.21. The Kier molecular flexibility index (Phi) is 2.38. The first kappa shape index (κ1) is 10.1. The van der Waals surface area contributed by atoms with Gasteiger partial charge in [0.2, 0.25) is 0 Å². The molecule has 3 heteroatoms. The van der Waals surface area contributed by atoms with Crippen LogP contribution in [0.2, 0.25) is 0 Å².